The molecule has 0 amide bonds. The van der Waals surface area contributed by atoms with Gasteiger partial charge in [0.1, 0.15) is 0 Å². The SMILES string of the molecule is Cc1cc(Br)cc(NC(N)=NC(C)(C)C)c1. The molecule has 0 radical (unpaired) electrons. The lowest BCUT2D eigenvalue weighted by atomic mass is 10.1. The van der Waals surface area contributed by atoms with Crippen LogP contribution in [0.25, 0.3) is 0 Å². The van der Waals surface area contributed by atoms with Crippen molar-refractivity contribution in [1.29, 1.82) is 0 Å². The fourth-order valence-corrected chi connectivity index (χ4v) is 1.95. The minimum absolute atomic E-state index is 0.169. The van der Waals surface area contributed by atoms with Gasteiger partial charge >= 0.3 is 0 Å². The van der Waals surface area contributed by atoms with Crippen molar-refractivity contribution in [1.82, 2.24) is 0 Å². The second-order valence-corrected chi connectivity index (χ2v) is 5.73. The Morgan fingerprint density at radius 2 is 1.94 bits per heavy atom. The molecule has 88 valence electrons. The van der Waals surface area contributed by atoms with Gasteiger partial charge in [-0.25, -0.2) is 4.99 Å². The number of aliphatic imine (C=N–C) groups is 1. The van der Waals surface area contributed by atoms with E-state index in [0.29, 0.717) is 5.96 Å². The number of halogens is 1. The van der Waals surface area contributed by atoms with Crippen molar-refractivity contribution in [2.45, 2.75) is 33.2 Å². The van der Waals surface area contributed by atoms with Gasteiger partial charge in [0.15, 0.2) is 5.96 Å². The summed E-state index contributed by atoms with van der Waals surface area (Å²) in [6.45, 7) is 8.06. The molecule has 0 aliphatic carbocycles. The highest BCUT2D eigenvalue weighted by molar-refractivity contribution is 9.10. The molecule has 0 spiro atoms. The highest BCUT2D eigenvalue weighted by Gasteiger charge is 2.08. The van der Waals surface area contributed by atoms with Crippen molar-refractivity contribution in [2.24, 2.45) is 10.7 Å². The average Bonchev–Trinajstić information content (AvgIpc) is 1.96. The summed E-state index contributed by atoms with van der Waals surface area (Å²) in [5.41, 5.74) is 7.76. The van der Waals surface area contributed by atoms with Gasteiger partial charge < -0.3 is 11.1 Å². The van der Waals surface area contributed by atoms with E-state index in [1.54, 1.807) is 0 Å². The molecule has 0 fully saturated rings. The molecule has 0 aromatic heterocycles. The average molecular weight is 284 g/mol. The Morgan fingerprint density at radius 1 is 1.31 bits per heavy atom. The van der Waals surface area contributed by atoms with Crippen LogP contribution in [-0.2, 0) is 0 Å². The van der Waals surface area contributed by atoms with Crippen LogP contribution in [0.5, 0.6) is 0 Å². The van der Waals surface area contributed by atoms with Crippen LogP contribution in [-0.4, -0.2) is 11.5 Å². The fourth-order valence-electron chi connectivity index (χ4n) is 1.35. The molecular weight excluding hydrogens is 266 g/mol. The molecule has 1 aromatic rings. The van der Waals surface area contributed by atoms with Crippen LogP contribution in [0.3, 0.4) is 0 Å². The van der Waals surface area contributed by atoms with E-state index in [9.17, 15) is 0 Å². The van der Waals surface area contributed by atoms with E-state index >= 15 is 0 Å². The number of nitrogens with two attached hydrogens (primary N) is 1. The topological polar surface area (TPSA) is 50.4 Å². The summed E-state index contributed by atoms with van der Waals surface area (Å²) in [6.07, 6.45) is 0. The van der Waals surface area contributed by atoms with Crippen LogP contribution in [0.1, 0.15) is 26.3 Å². The van der Waals surface area contributed by atoms with Gasteiger partial charge in [-0.2, -0.15) is 0 Å². The van der Waals surface area contributed by atoms with Gasteiger partial charge in [-0.1, -0.05) is 15.9 Å². The summed E-state index contributed by atoms with van der Waals surface area (Å²) in [5.74, 6) is 0.435. The van der Waals surface area contributed by atoms with Crippen LogP contribution in [0.4, 0.5) is 5.69 Å². The first kappa shape index (κ1) is 13.0. The minimum atomic E-state index is -0.169. The van der Waals surface area contributed by atoms with Crippen LogP contribution in [0.15, 0.2) is 27.7 Å². The summed E-state index contributed by atoms with van der Waals surface area (Å²) in [6, 6.07) is 6.04. The Labute approximate surface area is 105 Å². The summed E-state index contributed by atoms with van der Waals surface area (Å²) in [7, 11) is 0. The van der Waals surface area contributed by atoms with Gasteiger partial charge in [0.2, 0.25) is 0 Å². The first-order valence-electron chi connectivity index (χ1n) is 5.16. The van der Waals surface area contributed by atoms with E-state index in [4.69, 9.17) is 5.73 Å². The minimum Gasteiger partial charge on any atom is -0.370 e. The maximum absolute atomic E-state index is 5.82. The number of guanidine groups is 1. The van der Waals surface area contributed by atoms with Crippen LogP contribution < -0.4 is 11.1 Å². The molecule has 0 saturated carbocycles. The van der Waals surface area contributed by atoms with Gasteiger partial charge in [-0.15, -0.1) is 0 Å². The number of hydrogen-bond acceptors (Lipinski definition) is 1. The standard InChI is InChI=1S/C12H18BrN3/c1-8-5-9(13)7-10(6-8)15-11(14)16-12(2,3)4/h5-7H,1-4H3,(H3,14,15,16). The van der Waals surface area contributed by atoms with Crippen LogP contribution in [0, 0.1) is 6.92 Å². The van der Waals surface area contributed by atoms with Crippen molar-refractivity contribution in [2.75, 3.05) is 5.32 Å². The van der Waals surface area contributed by atoms with E-state index < -0.39 is 0 Å². The number of anilines is 1. The van der Waals surface area contributed by atoms with Crippen LogP contribution >= 0.6 is 15.9 Å². The lowest BCUT2D eigenvalue weighted by Gasteiger charge is -2.14. The second kappa shape index (κ2) is 4.87. The lowest BCUT2D eigenvalue weighted by molar-refractivity contribution is 0.583. The molecule has 0 saturated heterocycles. The zero-order valence-electron chi connectivity index (χ0n) is 10.1. The van der Waals surface area contributed by atoms with Crippen molar-refractivity contribution < 1.29 is 0 Å². The summed E-state index contributed by atoms with van der Waals surface area (Å²) < 4.78 is 1.03. The number of nitrogens with zero attached hydrogens (tertiary/aromatic N) is 1. The van der Waals surface area contributed by atoms with Crippen molar-refractivity contribution >= 4 is 27.6 Å². The number of nitrogens with one attached hydrogen (secondary N) is 1. The lowest BCUT2D eigenvalue weighted by Crippen LogP contribution is -2.27. The molecule has 0 aliphatic rings. The molecule has 0 aliphatic heterocycles. The summed E-state index contributed by atoms with van der Waals surface area (Å²) in [5, 5.41) is 3.08. The van der Waals surface area contributed by atoms with Gasteiger partial charge in [-0.05, 0) is 51.5 Å². The predicted octanol–water partition coefficient (Wildman–Crippen LogP) is 3.28. The largest absolute Gasteiger partial charge is 0.370 e. The maximum atomic E-state index is 5.82. The molecule has 0 atom stereocenters. The fraction of sp³-hybridized carbons (Fsp3) is 0.417. The molecule has 0 bridgehead atoms. The van der Waals surface area contributed by atoms with E-state index in [-0.39, 0.29) is 5.54 Å². The van der Waals surface area contributed by atoms with Gasteiger partial charge in [0, 0.05) is 10.2 Å². The highest BCUT2D eigenvalue weighted by Crippen LogP contribution is 2.19. The molecule has 4 heteroatoms. The van der Waals surface area contributed by atoms with E-state index in [0.717, 1.165) is 10.2 Å². The van der Waals surface area contributed by atoms with E-state index in [2.05, 4.69) is 26.2 Å². The molecule has 16 heavy (non-hydrogen) atoms. The maximum Gasteiger partial charge on any atom is 0.193 e. The van der Waals surface area contributed by atoms with Crippen molar-refractivity contribution in [3.63, 3.8) is 0 Å². The normalized spacial score (nSPS) is 12.7. The van der Waals surface area contributed by atoms with Crippen molar-refractivity contribution in [3.05, 3.63) is 28.2 Å². The Morgan fingerprint density at radius 3 is 2.44 bits per heavy atom. The third-order valence-electron chi connectivity index (χ3n) is 1.77. The van der Waals surface area contributed by atoms with Gasteiger partial charge in [0.05, 0.1) is 5.54 Å². The van der Waals surface area contributed by atoms with E-state index in [1.807, 2.05) is 45.9 Å². The molecule has 0 unspecified atom stereocenters. The number of benzene rings is 1. The number of hydrogen-bond donors (Lipinski definition) is 2. The quantitative estimate of drug-likeness (QED) is 0.614. The van der Waals surface area contributed by atoms with E-state index in [1.165, 1.54) is 5.56 Å². The molecule has 1 aromatic carbocycles. The predicted molar refractivity (Wildman–Crippen MR) is 73.9 cm³/mol. The number of rotatable bonds is 1. The summed E-state index contributed by atoms with van der Waals surface area (Å²) in [4.78, 5) is 4.33. The van der Waals surface area contributed by atoms with Gasteiger partial charge in [-0.3, -0.25) is 0 Å². The van der Waals surface area contributed by atoms with Gasteiger partial charge in [0.25, 0.3) is 0 Å². The molecule has 0 heterocycles. The Bertz CT molecular complexity index is 385. The zero-order chi connectivity index (χ0) is 12.3. The first-order chi connectivity index (χ1) is 7.26. The third kappa shape index (κ3) is 4.66. The molecule has 3 nitrogen and oxygen atoms in total. The first-order valence-corrected chi connectivity index (χ1v) is 5.95. The van der Waals surface area contributed by atoms with Crippen LogP contribution in [0.2, 0.25) is 0 Å². The summed E-state index contributed by atoms with van der Waals surface area (Å²) >= 11 is 3.44. The monoisotopic (exact) mass is 283 g/mol. The molecule has 1 rings (SSSR count). The Hall–Kier alpha value is -1.03. The smallest absolute Gasteiger partial charge is 0.193 e. The number of aryl methyl sites for hydroxylation is 1. The highest BCUT2D eigenvalue weighted by atomic mass is 79.9. The second-order valence-electron chi connectivity index (χ2n) is 4.81. The molecular formula is C12H18BrN3. The Balaban J connectivity index is 2.85. The Kier molecular flexibility index (Phi) is 3.97. The van der Waals surface area contributed by atoms with Crippen molar-refractivity contribution in [3.8, 4) is 0 Å². The molecule has 3 N–H and O–H groups in total. The third-order valence-corrected chi connectivity index (χ3v) is 2.23. The zero-order valence-corrected chi connectivity index (χ0v) is 11.7.